The van der Waals surface area contributed by atoms with Crippen LogP contribution in [-0.2, 0) is 6.54 Å². The molecule has 6 N–H and O–H groups in total. The zero-order chi connectivity index (χ0) is 24.2. The van der Waals surface area contributed by atoms with E-state index in [0.29, 0.717) is 23.1 Å². The molecule has 0 aliphatic heterocycles. The number of halogens is 1. The van der Waals surface area contributed by atoms with Crippen molar-refractivity contribution in [2.75, 3.05) is 17.7 Å². The van der Waals surface area contributed by atoms with Gasteiger partial charge in [-0.05, 0) is 55.7 Å². The third-order valence-electron chi connectivity index (χ3n) is 6.39. The molecule has 1 aliphatic rings. The lowest BCUT2D eigenvalue weighted by atomic mass is 9.90. The van der Waals surface area contributed by atoms with Crippen LogP contribution in [0.5, 0.6) is 5.75 Å². The van der Waals surface area contributed by atoms with Gasteiger partial charge in [0.2, 0.25) is 0 Å². The van der Waals surface area contributed by atoms with Gasteiger partial charge in [-0.2, -0.15) is 0 Å². The van der Waals surface area contributed by atoms with Crippen molar-refractivity contribution in [3.05, 3.63) is 64.6 Å². The monoisotopic (exact) mass is 482 g/mol. The van der Waals surface area contributed by atoms with E-state index in [1.807, 2.05) is 13.0 Å². The number of aromatic nitrogens is 2. The molecule has 0 spiro atoms. The molecule has 1 fully saturated rings. The first-order chi connectivity index (χ1) is 16.4. The van der Waals surface area contributed by atoms with Crippen LogP contribution >= 0.6 is 11.6 Å². The van der Waals surface area contributed by atoms with Crippen molar-refractivity contribution in [3.8, 4) is 5.75 Å². The van der Waals surface area contributed by atoms with E-state index in [1.54, 1.807) is 43.6 Å². The summed E-state index contributed by atoms with van der Waals surface area (Å²) in [5, 5.41) is 19.9. The Balaban J connectivity index is 1.82. The summed E-state index contributed by atoms with van der Waals surface area (Å²) in [7, 11) is 1.62. The Morgan fingerprint density at radius 3 is 2.59 bits per heavy atom. The van der Waals surface area contributed by atoms with E-state index < -0.39 is 0 Å². The fraction of sp³-hybridized carbons (Fsp3) is 0.360. The van der Waals surface area contributed by atoms with Gasteiger partial charge in [0.05, 0.1) is 12.2 Å². The summed E-state index contributed by atoms with van der Waals surface area (Å²) in [5.41, 5.74) is 10.3. The first-order valence-corrected chi connectivity index (χ1v) is 11.9. The number of nitrogens with zero attached hydrogens (tertiary/aromatic N) is 2. The van der Waals surface area contributed by atoms with Crippen LogP contribution in [0.3, 0.4) is 0 Å². The van der Waals surface area contributed by atoms with Crippen molar-refractivity contribution >= 4 is 34.7 Å². The molecule has 1 aliphatic carbocycles. The van der Waals surface area contributed by atoms with Crippen molar-refractivity contribution in [2.45, 2.75) is 51.2 Å². The van der Waals surface area contributed by atoms with Gasteiger partial charge < -0.3 is 31.4 Å². The predicted octanol–water partition coefficient (Wildman–Crippen LogP) is 4.38. The second-order valence-corrected chi connectivity index (χ2v) is 9.10. The van der Waals surface area contributed by atoms with Gasteiger partial charge in [0.15, 0.2) is 0 Å². The van der Waals surface area contributed by atoms with Crippen LogP contribution in [0.25, 0.3) is 0 Å². The highest BCUT2D eigenvalue weighted by atomic mass is 35.5. The van der Waals surface area contributed by atoms with Crippen LogP contribution in [0.4, 0.5) is 17.2 Å². The maximum atomic E-state index is 13.2. The van der Waals surface area contributed by atoms with Crippen LogP contribution in [0.2, 0.25) is 5.15 Å². The van der Waals surface area contributed by atoms with Gasteiger partial charge in [-0.3, -0.25) is 4.79 Å². The zero-order valence-electron chi connectivity index (χ0n) is 19.4. The molecule has 1 aromatic carbocycles. The number of benzene rings is 1. The van der Waals surface area contributed by atoms with Crippen LogP contribution in [-0.4, -0.2) is 39.7 Å². The highest BCUT2D eigenvalue weighted by Crippen LogP contribution is 2.37. The fourth-order valence-electron chi connectivity index (χ4n) is 4.48. The molecule has 2 aromatic heterocycles. The van der Waals surface area contributed by atoms with E-state index in [1.165, 1.54) is 0 Å². The molecule has 4 rings (SSSR count). The molecule has 9 heteroatoms. The number of hydrogen-bond acceptors (Lipinski definition) is 6. The molecule has 3 aromatic rings. The highest BCUT2D eigenvalue weighted by Gasteiger charge is 2.29. The smallest absolute Gasteiger partial charge is 0.256 e. The van der Waals surface area contributed by atoms with Crippen LogP contribution < -0.4 is 21.7 Å². The van der Waals surface area contributed by atoms with Crippen LogP contribution in [0.15, 0.2) is 42.6 Å². The lowest BCUT2D eigenvalue weighted by molar-refractivity contribution is 0.0964. The van der Waals surface area contributed by atoms with Gasteiger partial charge >= 0.3 is 0 Å². The SMILES string of the molecule is CNC(=O)c1c(NC2CCCCC2N)c(C)n(Cc2ccc(Cl)nc2)c1Nc1ccc(O)cc1. The molecule has 2 atom stereocenters. The molecule has 8 nitrogen and oxygen atoms in total. The molecule has 1 amide bonds. The zero-order valence-corrected chi connectivity index (χ0v) is 20.2. The number of rotatable bonds is 7. The van der Waals surface area contributed by atoms with Gasteiger partial charge in [-0.15, -0.1) is 0 Å². The third kappa shape index (κ3) is 5.13. The second kappa shape index (κ2) is 10.4. The molecule has 34 heavy (non-hydrogen) atoms. The summed E-state index contributed by atoms with van der Waals surface area (Å²) >= 11 is 5.98. The van der Waals surface area contributed by atoms with Gasteiger partial charge in [0.25, 0.3) is 5.91 Å². The summed E-state index contributed by atoms with van der Waals surface area (Å²) in [6, 6.07) is 10.5. The number of phenols is 1. The maximum Gasteiger partial charge on any atom is 0.256 e. The normalized spacial score (nSPS) is 17.9. The van der Waals surface area contributed by atoms with Gasteiger partial charge in [-0.1, -0.05) is 30.5 Å². The first-order valence-electron chi connectivity index (χ1n) is 11.5. The topological polar surface area (TPSA) is 117 Å². The number of carbonyl (C=O) groups excluding carboxylic acids is 1. The number of anilines is 3. The molecule has 0 radical (unpaired) electrons. The molecule has 1 saturated carbocycles. The van der Waals surface area contributed by atoms with Crippen molar-refractivity contribution < 1.29 is 9.90 Å². The lowest BCUT2D eigenvalue weighted by Gasteiger charge is -2.30. The molecular formula is C25H31ClN6O2. The Morgan fingerprint density at radius 1 is 1.21 bits per heavy atom. The summed E-state index contributed by atoms with van der Waals surface area (Å²) < 4.78 is 2.05. The molecule has 0 bridgehead atoms. The Labute approximate surface area is 204 Å². The number of pyridine rings is 1. The average Bonchev–Trinajstić information content (AvgIpc) is 3.08. The first kappa shape index (κ1) is 23.9. The summed E-state index contributed by atoms with van der Waals surface area (Å²) in [6.45, 7) is 2.48. The van der Waals surface area contributed by atoms with Gasteiger partial charge in [-0.25, -0.2) is 4.98 Å². The molecule has 0 saturated heterocycles. The summed E-state index contributed by atoms with van der Waals surface area (Å²) in [4.78, 5) is 17.4. The molecule has 2 heterocycles. The minimum atomic E-state index is -0.204. The standard InChI is InChI=1S/C25H31ClN6O2/c1-15-23(31-20-6-4-3-5-19(20)27)22(25(34)28-2)24(30-17-8-10-18(33)11-9-17)32(15)14-16-7-12-21(26)29-13-16/h7-13,19-20,30-31,33H,3-6,14,27H2,1-2H3,(H,28,34). The van der Waals surface area contributed by atoms with Crippen molar-refractivity contribution in [3.63, 3.8) is 0 Å². The maximum absolute atomic E-state index is 13.2. The van der Waals surface area contributed by atoms with E-state index in [-0.39, 0.29) is 23.7 Å². The quantitative estimate of drug-likeness (QED) is 0.252. The minimum absolute atomic E-state index is 0.0306. The lowest BCUT2D eigenvalue weighted by Crippen LogP contribution is -2.43. The number of aromatic hydroxyl groups is 1. The van der Waals surface area contributed by atoms with Gasteiger partial charge in [0, 0.05) is 36.7 Å². The molecule has 180 valence electrons. The number of nitrogens with two attached hydrogens (primary N) is 1. The summed E-state index contributed by atoms with van der Waals surface area (Å²) in [5.74, 6) is 0.609. The van der Waals surface area contributed by atoms with Crippen LogP contribution in [0, 0.1) is 6.92 Å². The average molecular weight is 483 g/mol. The third-order valence-corrected chi connectivity index (χ3v) is 6.61. The Kier molecular flexibility index (Phi) is 7.29. The van der Waals surface area contributed by atoms with Crippen molar-refractivity contribution in [2.24, 2.45) is 5.73 Å². The van der Waals surface area contributed by atoms with Crippen molar-refractivity contribution in [1.82, 2.24) is 14.9 Å². The van der Waals surface area contributed by atoms with E-state index in [4.69, 9.17) is 17.3 Å². The minimum Gasteiger partial charge on any atom is -0.508 e. The van der Waals surface area contributed by atoms with Crippen LogP contribution in [0.1, 0.15) is 47.3 Å². The number of phenolic OH excluding ortho intramolecular Hbond substituents is 1. The van der Waals surface area contributed by atoms with E-state index >= 15 is 0 Å². The molecule has 2 unspecified atom stereocenters. The summed E-state index contributed by atoms with van der Waals surface area (Å²) in [6.07, 6.45) is 5.88. The Morgan fingerprint density at radius 2 is 1.94 bits per heavy atom. The largest absolute Gasteiger partial charge is 0.508 e. The fourth-order valence-corrected chi connectivity index (χ4v) is 4.59. The Hall–Kier alpha value is -3.23. The van der Waals surface area contributed by atoms with E-state index in [0.717, 1.165) is 48.3 Å². The van der Waals surface area contributed by atoms with Gasteiger partial charge in [0.1, 0.15) is 22.3 Å². The number of carbonyl (C=O) groups is 1. The van der Waals surface area contributed by atoms with E-state index in [9.17, 15) is 9.90 Å². The number of hydrogen-bond donors (Lipinski definition) is 5. The molecular weight excluding hydrogens is 452 g/mol. The number of nitrogens with one attached hydrogen (secondary N) is 3. The Bertz CT molecular complexity index is 1140. The highest BCUT2D eigenvalue weighted by molar-refractivity contribution is 6.29. The van der Waals surface area contributed by atoms with E-state index in [2.05, 4.69) is 25.5 Å². The van der Waals surface area contributed by atoms with Crippen molar-refractivity contribution in [1.29, 1.82) is 0 Å². The predicted molar refractivity (Wildman–Crippen MR) is 136 cm³/mol. The number of amides is 1. The second-order valence-electron chi connectivity index (χ2n) is 8.71.